The molecule has 1 aliphatic heterocycles. The standard InChI is InChI=1S/C23H27F3N2O/c1-16(2)14-23(29)28(18-8-6-17(24)7-9-18)19-10-12-27(13-11-19)15-20-21(25)4-3-5-22(20)26/h3-9,16,19H,10-15H2,1-2H3. The third-order valence-corrected chi connectivity index (χ3v) is 5.32. The lowest BCUT2D eigenvalue weighted by atomic mass is 9.99. The summed E-state index contributed by atoms with van der Waals surface area (Å²) in [5.41, 5.74) is 0.771. The van der Waals surface area contributed by atoms with Gasteiger partial charge in [0.25, 0.3) is 0 Å². The molecule has 0 atom stereocenters. The first-order valence-corrected chi connectivity index (χ1v) is 10.1. The molecule has 1 aliphatic rings. The highest BCUT2D eigenvalue weighted by Crippen LogP contribution is 2.27. The molecule has 0 unspecified atom stereocenters. The zero-order valence-corrected chi connectivity index (χ0v) is 16.9. The number of carbonyl (C=O) groups excluding carboxylic acids is 1. The Morgan fingerprint density at radius 1 is 1.03 bits per heavy atom. The maximum absolute atomic E-state index is 13.9. The molecule has 3 nitrogen and oxygen atoms in total. The van der Waals surface area contributed by atoms with E-state index in [0.29, 0.717) is 38.0 Å². The van der Waals surface area contributed by atoms with Crippen LogP contribution < -0.4 is 4.90 Å². The van der Waals surface area contributed by atoms with Crippen LogP contribution in [-0.2, 0) is 11.3 Å². The Morgan fingerprint density at radius 2 is 1.62 bits per heavy atom. The van der Waals surface area contributed by atoms with Crippen LogP contribution in [0.5, 0.6) is 0 Å². The summed E-state index contributed by atoms with van der Waals surface area (Å²) in [7, 11) is 0. The van der Waals surface area contributed by atoms with Gasteiger partial charge in [0.2, 0.25) is 5.91 Å². The molecule has 1 heterocycles. The second kappa shape index (κ2) is 9.44. The van der Waals surface area contributed by atoms with Crippen LogP contribution in [0.1, 0.15) is 38.7 Å². The monoisotopic (exact) mass is 404 g/mol. The molecule has 3 rings (SSSR count). The van der Waals surface area contributed by atoms with Crippen molar-refractivity contribution in [3.8, 4) is 0 Å². The first-order chi connectivity index (χ1) is 13.8. The summed E-state index contributed by atoms with van der Waals surface area (Å²) in [4.78, 5) is 16.7. The summed E-state index contributed by atoms with van der Waals surface area (Å²) >= 11 is 0. The van der Waals surface area contributed by atoms with Gasteiger partial charge in [0.1, 0.15) is 17.5 Å². The first-order valence-electron chi connectivity index (χ1n) is 10.1. The molecule has 156 valence electrons. The number of likely N-dealkylation sites (tertiary alicyclic amines) is 1. The van der Waals surface area contributed by atoms with E-state index in [1.807, 2.05) is 18.7 Å². The van der Waals surface area contributed by atoms with E-state index in [2.05, 4.69) is 0 Å². The van der Waals surface area contributed by atoms with Gasteiger partial charge in [0, 0.05) is 43.3 Å². The minimum atomic E-state index is -0.535. The smallest absolute Gasteiger partial charge is 0.227 e. The van der Waals surface area contributed by atoms with Gasteiger partial charge in [-0.25, -0.2) is 13.2 Å². The molecular weight excluding hydrogens is 377 g/mol. The molecule has 1 saturated heterocycles. The number of amides is 1. The molecule has 2 aromatic carbocycles. The second-order valence-electron chi connectivity index (χ2n) is 8.05. The molecule has 0 aromatic heterocycles. The lowest BCUT2D eigenvalue weighted by Crippen LogP contribution is -2.47. The average molecular weight is 404 g/mol. The summed E-state index contributed by atoms with van der Waals surface area (Å²) in [6.07, 6.45) is 1.80. The Morgan fingerprint density at radius 3 is 2.17 bits per heavy atom. The Bertz CT molecular complexity index is 810. The Labute approximate surface area is 170 Å². The molecule has 2 aromatic rings. The van der Waals surface area contributed by atoms with Crippen LogP contribution in [0.3, 0.4) is 0 Å². The summed E-state index contributed by atoms with van der Waals surface area (Å²) in [6.45, 7) is 5.45. The van der Waals surface area contributed by atoms with Crippen molar-refractivity contribution in [3.63, 3.8) is 0 Å². The van der Waals surface area contributed by atoms with Crippen LogP contribution in [0.4, 0.5) is 18.9 Å². The van der Waals surface area contributed by atoms with Gasteiger partial charge < -0.3 is 4.90 Å². The van der Waals surface area contributed by atoms with Crippen molar-refractivity contribution < 1.29 is 18.0 Å². The molecule has 6 heteroatoms. The number of hydrogen-bond donors (Lipinski definition) is 0. The summed E-state index contributed by atoms with van der Waals surface area (Å²) < 4.78 is 41.2. The van der Waals surface area contributed by atoms with Crippen molar-refractivity contribution in [2.24, 2.45) is 5.92 Å². The van der Waals surface area contributed by atoms with E-state index in [0.717, 1.165) is 0 Å². The number of benzene rings is 2. The van der Waals surface area contributed by atoms with E-state index < -0.39 is 11.6 Å². The second-order valence-corrected chi connectivity index (χ2v) is 8.05. The zero-order valence-electron chi connectivity index (χ0n) is 16.9. The highest BCUT2D eigenvalue weighted by molar-refractivity contribution is 5.94. The topological polar surface area (TPSA) is 23.6 Å². The number of nitrogens with zero attached hydrogens (tertiary/aromatic N) is 2. The molecule has 1 fully saturated rings. The molecule has 0 saturated carbocycles. The summed E-state index contributed by atoms with van der Waals surface area (Å²) in [5.74, 6) is -1.18. The minimum Gasteiger partial charge on any atom is -0.309 e. The van der Waals surface area contributed by atoms with Gasteiger partial charge in [-0.2, -0.15) is 0 Å². The molecule has 29 heavy (non-hydrogen) atoms. The maximum atomic E-state index is 13.9. The normalized spacial score (nSPS) is 15.7. The molecular formula is C23H27F3N2O. The van der Waals surface area contributed by atoms with Crippen molar-refractivity contribution in [1.82, 2.24) is 4.90 Å². The fraction of sp³-hybridized carbons (Fsp3) is 0.435. The number of carbonyl (C=O) groups is 1. The Balaban J connectivity index is 1.71. The van der Waals surface area contributed by atoms with E-state index in [9.17, 15) is 18.0 Å². The summed E-state index contributed by atoms with van der Waals surface area (Å²) in [6, 6.07) is 9.87. The van der Waals surface area contributed by atoms with Gasteiger partial charge in [-0.1, -0.05) is 19.9 Å². The van der Waals surface area contributed by atoms with Gasteiger partial charge in [-0.3, -0.25) is 9.69 Å². The van der Waals surface area contributed by atoms with Crippen LogP contribution >= 0.6 is 0 Å². The number of halogens is 3. The summed E-state index contributed by atoms with van der Waals surface area (Å²) in [5, 5.41) is 0. The highest BCUT2D eigenvalue weighted by atomic mass is 19.1. The number of piperidine rings is 1. The molecule has 0 radical (unpaired) electrons. The number of anilines is 1. The highest BCUT2D eigenvalue weighted by Gasteiger charge is 2.30. The fourth-order valence-corrected chi connectivity index (χ4v) is 3.85. The van der Waals surface area contributed by atoms with Crippen molar-refractivity contribution >= 4 is 11.6 Å². The van der Waals surface area contributed by atoms with Crippen molar-refractivity contribution in [2.75, 3.05) is 18.0 Å². The predicted octanol–water partition coefficient (Wildman–Crippen LogP) is 5.15. The Hall–Kier alpha value is -2.34. The zero-order chi connectivity index (χ0) is 21.0. The lowest BCUT2D eigenvalue weighted by Gasteiger charge is -2.39. The molecule has 1 amide bonds. The van der Waals surface area contributed by atoms with Crippen molar-refractivity contribution in [2.45, 2.75) is 45.7 Å². The van der Waals surface area contributed by atoms with E-state index in [1.54, 1.807) is 17.0 Å². The van der Waals surface area contributed by atoms with Gasteiger partial charge in [0.15, 0.2) is 0 Å². The number of hydrogen-bond acceptors (Lipinski definition) is 2. The molecule has 0 bridgehead atoms. The molecule has 0 spiro atoms. The van der Waals surface area contributed by atoms with Crippen LogP contribution in [0.2, 0.25) is 0 Å². The van der Waals surface area contributed by atoms with E-state index in [1.165, 1.54) is 30.3 Å². The van der Waals surface area contributed by atoms with Gasteiger partial charge in [-0.15, -0.1) is 0 Å². The van der Waals surface area contributed by atoms with Crippen molar-refractivity contribution in [3.05, 3.63) is 65.5 Å². The van der Waals surface area contributed by atoms with Gasteiger partial charge in [0.05, 0.1) is 0 Å². The van der Waals surface area contributed by atoms with Crippen molar-refractivity contribution in [1.29, 1.82) is 0 Å². The average Bonchev–Trinajstić information content (AvgIpc) is 2.67. The maximum Gasteiger partial charge on any atom is 0.227 e. The largest absolute Gasteiger partial charge is 0.309 e. The first kappa shape index (κ1) is 21.4. The fourth-order valence-electron chi connectivity index (χ4n) is 3.85. The predicted molar refractivity (Wildman–Crippen MR) is 108 cm³/mol. The third-order valence-electron chi connectivity index (χ3n) is 5.32. The van der Waals surface area contributed by atoms with Crippen LogP contribution in [0.15, 0.2) is 42.5 Å². The molecule has 0 N–H and O–H groups in total. The molecule has 0 aliphatic carbocycles. The van der Waals surface area contributed by atoms with Gasteiger partial charge >= 0.3 is 0 Å². The van der Waals surface area contributed by atoms with E-state index >= 15 is 0 Å². The SMILES string of the molecule is CC(C)CC(=O)N(c1ccc(F)cc1)C1CCN(Cc2c(F)cccc2F)CC1. The van der Waals surface area contributed by atoms with E-state index in [4.69, 9.17) is 0 Å². The van der Waals surface area contributed by atoms with E-state index in [-0.39, 0.29) is 35.8 Å². The Kier molecular flexibility index (Phi) is 6.96. The van der Waals surface area contributed by atoms with Crippen LogP contribution in [0.25, 0.3) is 0 Å². The lowest BCUT2D eigenvalue weighted by molar-refractivity contribution is -0.120. The van der Waals surface area contributed by atoms with Crippen LogP contribution in [-0.4, -0.2) is 29.9 Å². The third kappa shape index (κ3) is 5.38. The van der Waals surface area contributed by atoms with Gasteiger partial charge in [-0.05, 0) is 55.2 Å². The number of rotatable bonds is 6. The quantitative estimate of drug-likeness (QED) is 0.665. The van der Waals surface area contributed by atoms with Crippen LogP contribution in [0, 0.1) is 23.4 Å². The minimum absolute atomic E-state index is 0.0187.